The molecule has 2 heterocycles. The largest absolute Gasteiger partial charge is 0.385 e. The average Bonchev–Trinajstić information content (AvgIpc) is 3.23. The molecule has 0 fully saturated rings. The van der Waals surface area contributed by atoms with Crippen molar-refractivity contribution in [2.75, 3.05) is 19.5 Å². The third kappa shape index (κ3) is 4.51. The van der Waals surface area contributed by atoms with E-state index in [1.165, 1.54) is 17.8 Å². The summed E-state index contributed by atoms with van der Waals surface area (Å²) < 4.78 is 22.2. The highest BCUT2D eigenvalue weighted by atomic mass is 32.2. The van der Waals surface area contributed by atoms with Crippen LogP contribution in [0.4, 0.5) is 4.39 Å². The lowest BCUT2D eigenvalue weighted by Crippen LogP contribution is -2.25. The van der Waals surface area contributed by atoms with Crippen LogP contribution in [0.1, 0.15) is 12.0 Å². The number of hydrogen-bond donors (Lipinski definition) is 1. The Morgan fingerprint density at radius 2 is 1.94 bits per heavy atom. The van der Waals surface area contributed by atoms with Crippen LogP contribution in [0.3, 0.4) is 0 Å². The number of thioether (sulfide) groups is 1. The van der Waals surface area contributed by atoms with Crippen molar-refractivity contribution in [3.63, 3.8) is 0 Å². The van der Waals surface area contributed by atoms with E-state index < -0.39 is 0 Å². The number of hydrogen-bond acceptors (Lipinski definition) is 6. The maximum atomic E-state index is 13.7. The number of para-hydroxylation sites is 1. The molecule has 4 aromatic rings. The van der Waals surface area contributed by atoms with Crippen LogP contribution in [0.2, 0.25) is 0 Å². The molecule has 32 heavy (non-hydrogen) atoms. The second-order valence-electron chi connectivity index (χ2n) is 7.10. The Morgan fingerprint density at radius 1 is 1.16 bits per heavy atom. The van der Waals surface area contributed by atoms with Gasteiger partial charge in [-0.3, -0.25) is 18.6 Å². The SMILES string of the molecule is COCCCn1c(=O)c2ccccc2n2c(SCC(=O)NCc3ccccc3F)nnc12. The van der Waals surface area contributed by atoms with Crippen molar-refractivity contribution in [3.8, 4) is 0 Å². The fraction of sp³-hybridized carbons (Fsp3) is 0.273. The summed E-state index contributed by atoms with van der Waals surface area (Å²) in [5, 5.41) is 12.2. The minimum absolute atomic E-state index is 0.0758. The molecule has 0 aliphatic heterocycles. The predicted octanol–water partition coefficient (Wildman–Crippen LogP) is 2.63. The van der Waals surface area contributed by atoms with E-state index >= 15 is 0 Å². The van der Waals surface area contributed by atoms with Gasteiger partial charge in [-0.05, 0) is 24.6 Å². The van der Waals surface area contributed by atoms with Gasteiger partial charge < -0.3 is 10.1 Å². The van der Waals surface area contributed by atoms with Crippen LogP contribution in [0.25, 0.3) is 16.7 Å². The Kier molecular flexibility index (Phi) is 6.81. The lowest BCUT2D eigenvalue weighted by atomic mass is 10.2. The smallest absolute Gasteiger partial charge is 0.262 e. The van der Waals surface area contributed by atoms with Crippen molar-refractivity contribution in [1.82, 2.24) is 24.5 Å². The molecule has 2 aromatic carbocycles. The van der Waals surface area contributed by atoms with Gasteiger partial charge in [0.25, 0.3) is 5.56 Å². The van der Waals surface area contributed by atoms with Gasteiger partial charge in [0.1, 0.15) is 5.82 Å². The molecule has 0 aliphatic rings. The van der Waals surface area contributed by atoms with E-state index in [0.717, 1.165) is 0 Å². The number of carbonyl (C=O) groups is 1. The van der Waals surface area contributed by atoms with E-state index in [1.54, 1.807) is 40.3 Å². The number of fused-ring (bicyclic) bond motifs is 3. The van der Waals surface area contributed by atoms with Crippen LogP contribution in [0, 0.1) is 5.82 Å². The first kappa shape index (κ1) is 22.0. The third-order valence-corrected chi connectivity index (χ3v) is 5.90. The quantitative estimate of drug-likeness (QED) is 0.308. The van der Waals surface area contributed by atoms with Gasteiger partial charge in [0, 0.05) is 32.4 Å². The lowest BCUT2D eigenvalue weighted by Gasteiger charge is -2.11. The average molecular weight is 456 g/mol. The van der Waals surface area contributed by atoms with E-state index in [-0.39, 0.29) is 29.6 Å². The number of amides is 1. The van der Waals surface area contributed by atoms with Crippen molar-refractivity contribution >= 4 is 34.3 Å². The summed E-state index contributed by atoms with van der Waals surface area (Å²) in [7, 11) is 1.61. The summed E-state index contributed by atoms with van der Waals surface area (Å²) in [6.45, 7) is 1.06. The number of nitrogens with zero attached hydrogens (tertiary/aromatic N) is 4. The van der Waals surface area contributed by atoms with Gasteiger partial charge in [-0.25, -0.2) is 4.39 Å². The van der Waals surface area contributed by atoms with Crippen molar-refractivity contribution in [1.29, 1.82) is 0 Å². The van der Waals surface area contributed by atoms with Gasteiger partial charge >= 0.3 is 0 Å². The van der Waals surface area contributed by atoms with Gasteiger partial charge in [0.05, 0.1) is 16.7 Å². The molecule has 166 valence electrons. The number of carbonyl (C=O) groups excluding carboxylic acids is 1. The van der Waals surface area contributed by atoms with Gasteiger partial charge in [-0.2, -0.15) is 0 Å². The number of nitrogens with one attached hydrogen (secondary N) is 1. The minimum Gasteiger partial charge on any atom is -0.385 e. The first-order chi connectivity index (χ1) is 15.6. The van der Waals surface area contributed by atoms with E-state index in [1.807, 2.05) is 18.2 Å². The van der Waals surface area contributed by atoms with E-state index in [9.17, 15) is 14.0 Å². The highest BCUT2D eigenvalue weighted by Crippen LogP contribution is 2.21. The first-order valence-electron chi connectivity index (χ1n) is 10.1. The van der Waals surface area contributed by atoms with Crippen molar-refractivity contribution < 1.29 is 13.9 Å². The highest BCUT2D eigenvalue weighted by molar-refractivity contribution is 7.99. The number of aromatic nitrogens is 4. The lowest BCUT2D eigenvalue weighted by molar-refractivity contribution is -0.118. The Hall–Kier alpha value is -3.24. The second-order valence-corrected chi connectivity index (χ2v) is 8.04. The summed E-state index contributed by atoms with van der Waals surface area (Å²) in [6.07, 6.45) is 0.651. The fourth-order valence-electron chi connectivity index (χ4n) is 3.41. The molecule has 2 aromatic heterocycles. The molecule has 1 N–H and O–H groups in total. The molecule has 8 nitrogen and oxygen atoms in total. The molecule has 10 heteroatoms. The van der Waals surface area contributed by atoms with Crippen LogP contribution in [0.15, 0.2) is 58.5 Å². The predicted molar refractivity (Wildman–Crippen MR) is 120 cm³/mol. The molecule has 0 aliphatic carbocycles. The zero-order chi connectivity index (χ0) is 22.5. The van der Waals surface area contributed by atoms with Crippen LogP contribution in [-0.4, -0.2) is 44.5 Å². The molecular formula is C22H22FN5O3S. The van der Waals surface area contributed by atoms with Crippen molar-refractivity contribution in [2.24, 2.45) is 0 Å². The van der Waals surface area contributed by atoms with Crippen LogP contribution in [0.5, 0.6) is 0 Å². The fourth-order valence-corrected chi connectivity index (χ4v) is 4.18. The maximum absolute atomic E-state index is 13.7. The van der Waals surface area contributed by atoms with E-state index in [2.05, 4.69) is 15.5 Å². The topological polar surface area (TPSA) is 90.5 Å². The van der Waals surface area contributed by atoms with Gasteiger partial charge in [0.15, 0.2) is 5.16 Å². The van der Waals surface area contributed by atoms with E-state index in [0.29, 0.717) is 47.0 Å². The van der Waals surface area contributed by atoms with Crippen molar-refractivity contribution in [2.45, 2.75) is 24.7 Å². The number of rotatable bonds is 9. The Bertz CT molecular complexity index is 1320. The molecule has 4 rings (SSSR count). The van der Waals surface area contributed by atoms with Crippen LogP contribution >= 0.6 is 11.8 Å². The number of methoxy groups -OCH3 is 1. The zero-order valence-electron chi connectivity index (χ0n) is 17.5. The highest BCUT2D eigenvalue weighted by Gasteiger charge is 2.17. The first-order valence-corrected chi connectivity index (χ1v) is 11.1. The molecule has 0 saturated carbocycles. The summed E-state index contributed by atoms with van der Waals surface area (Å²) in [5.74, 6) is -0.125. The number of aryl methyl sites for hydroxylation is 1. The zero-order valence-corrected chi connectivity index (χ0v) is 18.3. The summed E-state index contributed by atoms with van der Waals surface area (Å²) >= 11 is 1.21. The number of halogens is 1. The number of benzene rings is 2. The van der Waals surface area contributed by atoms with Gasteiger partial charge in [0.2, 0.25) is 11.7 Å². The maximum Gasteiger partial charge on any atom is 0.262 e. The monoisotopic (exact) mass is 455 g/mol. The Balaban J connectivity index is 1.57. The minimum atomic E-state index is -0.359. The molecule has 0 unspecified atom stereocenters. The van der Waals surface area contributed by atoms with E-state index in [4.69, 9.17) is 4.74 Å². The van der Waals surface area contributed by atoms with Crippen molar-refractivity contribution in [3.05, 3.63) is 70.3 Å². The molecular weight excluding hydrogens is 433 g/mol. The summed E-state index contributed by atoms with van der Waals surface area (Å²) in [5.41, 5.74) is 0.954. The van der Waals surface area contributed by atoms with Gasteiger partial charge in [-0.1, -0.05) is 42.1 Å². The third-order valence-electron chi connectivity index (χ3n) is 4.97. The molecule has 1 amide bonds. The molecule has 0 radical (unpaired) electrons. The summed E-state index contributed by atoms with van der Waals surface area (Å²) in [4.78, 5) is 25.3. The van der Waals surface area contributed by atoms with Crippen LogP contribution < -0.4 is 10.9 Å². The summed E-state index contributed by atoms with van der Waals surface area (Å²) in [6, 6.07) is 13.5. The standard InChI is InChI=1S/C22H22FN5O3S/c1-31-12-6-11-27-20(30)16-8-3-5-10-18(16)28-21(27)25-26-22(28)32-14-19(29)24-13-15-7-2-4-9-17(15)23/h2-5,7-10H,6,11-14H2,1H3,(H,24,29). The van der Waals surface area contributed by atoms with Crippen LogP contribution in [-0.2, 0) is 22.6 Å². The van der Waals surface area contributed by atoms with Gasteiger partial charge in [-0.15, -0.1) is 10.2 Å². The molecule has 0 spiro atoms. The molecule has 0 bridgehead atoms. The second kappa shape index (κ2) is 9.92. The normalized spacial score (nSPS) is 11.3. The number of ether oxygens (including phenoxy) is 1. The Labute approximate surface area is 187 Å². The molecule has 0 atom stereocenters. The molecule has 0 saturated heterocycles. The Morgan fingerprint density at radius 3 is 2.75 bits per heavy atom.